The predicted molar refractivity (Wildman–Crippen MR) is 84.3 cm³/mol. The van der Waals surface area contributed by atoms with E-state index in [2.05, 4.69) is 0 Å². The summed E-state index contributed by atoms with van der Waals surface area (Å²) < 4.78 is 5.54. The second-order valence-electron chi connectivity index (χ2n) is 5.15. The molecule has 0 saturated heterocycles. The molecule has 0 N–H and O–H groups in total. The van der Waals surface area contributed by atoms with E-state index in [1.807, 2.05) is 42.5 Å². The predicted octanol–water partition coefficient (Wildman–Crippen LogP) is 3.08. The van der Waals surface area contributed by atoms with E-state index in [-0.39, 0.29) is 24.5 Å². The molecule has 1 aliphatic heterocycles. The molecule has 22 heavy (non-hydrogen) atoms. The van der Waals surface area contributed by atoms with Crippen molar-refractivity contribution in [3.05, 3.63) is 60.2 Å². The topological polar surface area (TPSA) is 46.6 Å². The van der Waals surface area contributed by atoms with E-state index >= 15 is 0 Å². The number of fused-ring (bicyclic) bond motifs is 1. The molecule has 2 aromatic rings. The third-order valence-electron chi connectivity index (χ3n) is 3.69. The van der Waals surface area contributed by atoms with Crippen molar-refractivity contribution in [2.24, 2.45) is 0 Å². The van der Waals surface area contributed by atoms with Gasteiger partial charge in [0.1, 0.15) is 12.4 Å². The summed E-state index contributed by atoms with van der Waals surface area (Å²) in [5.74, 6) is 0.673. The Morgan fingerprint density at radius 3 is 2.50 bits per heavy atom. The van der Waals surface area contributed by atoms with Crippen LogP contribution in [0.2, 0.25) is 0 Å². The first-order valence-electron chi connectivity index (χ1n) is 7.36. The second kappa shape index (κ2) is 6.43. The maximum absolute atomic E-state index is 12.4. The molecule has 1 aliphatic rings. The average Bonchev–Trinajstić information content (AvgIpc) is 2.59. The molecule has 0 spiro atoms. The van der Waals surface area contributed by atoms with Gasteiger partial charge in [-0.2, -0.15) is 0 Å². The van der Waals surface area contributed by atoms with Crippen molar-refractivity contribution in [2.75, 3.05) is 18.1 Å². The Morgan fingerprint density at radius 2 is 1.68 bits per heavy atom. The van der Waals surface area contributed by atoms with E-state index in [4.69, 9.17) is 4.74 Å². The normalized spacial score (nSPS) is 13.2. The van der Waals surface area contributed by atoms with Gasteiger partial charge in [-0.25, -0.2) is 0 Å². The fourth-order valence-corrected chi connectivity index (χ4v) is 2.55. The molecule has 4 heteroatoms. The first kappa shape index (κ1) is 14.3. The van der Waals surface area contributed by atoms with Crippen LogP contribution < -0.4 is 9.64 Å². The van der Waals surface area contributed by atoms with Crippen LogP contribution in [0.5, 0.6) is 5.75 Å². The lowest BCUT2D eigenvalue weighted by molar-refractivity contribution is -0.118. The molecule has 0 saturated carbocycles. The van der Waals surface area contributed by atoms with Crippen molar-refractivity contribution in [1.29, 1.82) is 0 Å². The minimum Gasteiger partial charge on any atom is -0.490 e. The van der Waals surface area contributed by atoms with Crippen molar-refractivity contribution < 1.29 is 14.3 Å². The Bertz CT molecular complexity index is 682. The summed E-state index contributed by atoms with van der Waals surface area (Å²) in [4.78, 5) is 26.2. The number of ether oxygens (including phenoxy) is 1. The van der Waals surface area contributed by atoms with E-state index < -0.39 is 0 Å². The van der Waals surface area contributed by atoms with Crippen LogP contribution in [0, 0.1) is 0 Å². The van der Waals surface area contributed by atoms with Gasteiger partial charge in [0.05, 0.1) is 12.2 Å². The van der Waals surface area contributed by atoms with E-state index in [0.717, 1.165) is 11.4 Å². The van der Waals surface area contributed by atoms with Gasteiger partial charge in [-0.05, 0) is 12.1 Å². The quantitative estimate of drug-likeness (QED) is 0.814. The number of carbonyl (C=O) groups excluding carboxylic acids is 2. The number of carbonyl (C=O) groups is 2. The number of anilines is 1. The summed E-state index contributed by atoms with van der Waals surface area (Å²) in [6, 6.07) is 16.5. The SMILES string of the molecule is O=C(CCC(=O)N1CCOc2ccccc21)c1ccccc1. The molecule has 0 aliphatic carbocycles. The van der Waals surface area contributed by atoms with Gasteiger partial charge in [0.15, 0.2) is 5.78 Å². The Kier molecular flexibility index (Phi) is 4.19. The van der Waals surface area contributed by atoms with E-state index in [1.54, 1.807) is 17.0 Å². The highest BCUT2D eigenvalue weighted by atomic mass is 16.5. The molecule has 1 heterocycles. The molecule has 0 fully saturated rings. The number of nitrogens with zero attached hydrogens (tertiary/aromatic N) is 1. The first-order chi connectivity index (χ1) is 10.8. The standard InChI is InChI=1S/C18H17NO3/c20-16(14-6-2-1-3-7-14)10-11-18(21)19-12-13-22-17-9-5-4-8-15(17)19/h1-9H,10-13H2. The van der Waals surface area contributed by atoms with Crippen molar-refractivity contribution in [1.82, 2.24) is 0 Å². The Balaban J connectivity index is 1.65. The van der Waals surface area contributed by atoms with Gasteiger partial charge in [-0.15, -0.1) is 0 Å². The number of hydrogen-bond acceptors (Lipinski definition) is 3. The van der Waals surface area contributed by atoms with Gasteiger partial charge in [0.2, 0.25) is 5.91 Å². The highest BCUT2D eigenvalue weighted by Gasteiger charge is 2.23. The summed E-state index contributed by atoms with van der Waals surface area (Å²) in [6.45, 7) is 1.00. The molecule has 3 rings (SSSR count). The highest BCUT2D eigenvalue weighted by molar-refractivity contribution is 6.01. The van der Waals surface area contributed by atoms with E-state index in [9.17, 15) is 9.59 Å². The third-order valence-corrected chi connectivity index (χ3v) is 3.69. The van der Waals surface area contributed by atoms with Crippen LogP contribution in [0.15, 0.2) is 54.6 Å². The minimum absolute atomic E-state index is 0.00417. The van der Waals surface area contributed by atoms with Crippen LogP contribution in [0.4, 0.5) is 5.69 Å². The van der Waals surface area contributed by atoms with Crippen molar-refractivity contribution in [3.63, 3.8) is 0 Å². The van der Waals surface area contributed by atoms with Gasteiger partial charge in [0.25, 0.3) is 0 Å². The zero-order valence-electron chi connectivity index (χ0n) is 12.2. The minimum atomic E-state index is -0.0416. The van der Waals surface area contributed by atoms with Crippen LogP contribution in [-0.2, 0) is 4.79 Å². The molecule has 0 radical (unpaired) electrons. The molecule has 2 aromatic carbocycles. The lowest BCUT2D eigenvalue weighted by Gasteiger charge is -2.29. The Labute approximate surface area is 129 Å². The number of hydrogen-bond donors (Lipinski definition) is 0. The summed E-state index contributed by atoms with van der Waals surface area (Å²) in [5.41, 5.74) is 1.43. The van der Waals surface area contributed by atoms with Crippen molar-refractivity contribution in [3.8, 4) is 5.75 Å². The monoisotopic (exact) mass is 295 g/mol. The van der Waals surface area contributed by atoms with Crippen LogP contribution in [-0.4, -0.2) is 24.8 Å². The molecule has 0 bridgehead atoms. The molecule has 0 atom stereocenters. The number of benzene rings is 2. The zero-order chi connectivity index (χ0) is 15.4. The van der Waals surface area contributed by atoms with Crippen LogP contribution in [0.3, 0.4) is 0 Å². The number of para-hydroxylation sites is 2. The van der Waals surface area contributed by atoms with Gasteiger partial charge < -0.3 is 9.64 Å². The van der Waals surface area contributed by atoms with Crippen LogP contribution >= 0.6 is 0 Å². The second-order valence-corrected chi connectivity index (χ2v) is 5.15. The Morgan fingerprint density at radius 1 is 0.955 bits per heavy atom. The van der Waals surface area contributed by atoms with Gasteiger partial charge in [0, 0.05) is 18.4 Å². The fraction of sp³-hybridized carbons (Fsp3) is 0.222. The highest BCUT2D eigenvalue weighted by Crippen LogP contribution is 2.31. The van der Waals surface area contributed by atoms with Gasteiger partial charge in [-0.3, -0.25) is 9.59 Å². The number of Topliss-reactive ketones (excluding diaryl/α,β-unsaturated/α-hetero) is 1. The van der Waals surface area contributed by atoms with Crippen molar-refractivity contribution in [2.45, 2.75) is 12.8 Å². The van der Waals surface area contributed by atoms with Crippen LogP contribution in [0.1, 0.15) is 23.2 Å². The molecule has 0 aromatic heterocycles. The van der Waals surface area contributed by atoms with E-state index in [0.29, 0.717) is 18.7 Å². The maximum atomic E-state index is 12.4. The lowest BCUT2D eigenvalue weighted by atomic mass is 10.1. The molecule has 112 valence electrons. The van der Waals surface area contributed by atoms with Crippen molar-refractivity contribution >= 4 is 17.4 Å². The Hall–Kier alpha value is -2.62. The lowest BCUT2D eigenvalue weighted by Crippen LogP contribution is -2.38. The maximum Gasteiger partial charge on any atom is 0.227 e. The summed E-state index contributed by atoms with van der Waals surface area (Å²) in [5, 5.41) is 0. The summed E-state index contributed by atoms with van der Waals surface area (Å²) in [6.07, 6.45) is 0.435. The molecule has 0 unspecified atom stereocenters. The van der Waals surface area contributed by atoms with E-state index in [1.165, 1.54) is 0 Å². The number of amides is 1. The fourth-order valence-electron chi connectivity index (χ4n) is 2.55. The molecule has 1 amide bonds. The van der Waals surface area contributed by atoms with Gasteiger partial charge in [-0.1, -0.05) is 42.5 Å². The van der Waals surface area contributed by atoms with Crippen LogP contribution in [0.25, 0.3) is 0 Å². The number of ketones is 1. The molecular weight excluding hydrogens is 278 g/mol. The smallest absolute Gasteiger partial charge is 0.227 e. The molecular formula is C18H17NO3. The summed E-state index contributed by atoms with van der Waals surface area (Å²) >= 11 is 0. The third kappa shape index (κ3) is 3.01. The van der Waals surface area contributed by atoms with Gasteiger partial charge >= 0.3 is 0 Å². The summed E-state index contributed by atoms with van der Waals surface area (Å²) in [7, 11) is 0. The first-order valence-corrected chi connectivity index (χ1v) is 7.36. The largest absolute Gasteiger partial charge is 0.490 e. The molecule has 4 nitrogen and oxygen atoms in total. The zero-order valence-corrected chi connectivity index (χ0v) is 12.2. The average molecular weight is 295 g/mol. The number of rotatable bonds is 4.